The van der Waals surface area contributed by atoms with Crippen LogP contribution in [0.25, 0.3) is 0 Å². The number of thiophene rings is 1. The first-order chi connectivity index (χ1) is 15.4. The molecule has 4 rings (SSSR count). The van der Waals surface area contributed by atoms with Crippen LogP contribution >= 0.6 is 11.3 Å². The van der Waals surface area contributed by atoms with Crippen LogP contribution in [0, 0.1) is 6.92 Å². The summed E-state index contributed by atoms with van der Waals surface area (Å²) in [5.41, 5.74) is 1.92. The summed E-state index contributed by atoms with van der Waals surface area (Å²) in [7, 11) is 2.09. The third kappa shape index (κ3) is 5.17. The molecule has 1 aliphatic heterocycles. The van der Waals surface area contributed by atoms with Crippen molar-refractivity contribution in [3.8, 4) is 5.75 Å². The lowest BCUT2D eigenvalue weighted by molar-refractivity contribution is -0.0498. The molecule has 0 saturated carbocycles. The molecule has 3 aromatic rings. The van der Waals surface area contributed by atoms with Crippen LogP contribution in [0.5, 0.6) is 5.75 Å². The number of ether oxygens (including phenoxy) is 1. The molecule has 9 heteroatoms. The van der Waals surface area contributed by atoms with Crippen molar-refractivity contribution in [2.75, 3.05) is 38.5 Å². The number of nitrogens with zero attached hydrogens (tertiary/aromatic N) is 2. The summed E-state index contributed by atoms with van der Waals surface area (Å²) in [5, 5.41) is 3.74. The number of amides is 1. The molecule has 1 N–H and O–H groups in total. The van der Waals surface area contributed by atoms with E-state index < -0.39 is 6.61 Å². The number of halogens is 2. The summed E-state index contributed by atoms with van der Waals surface area (Å²) in [5.74, 6) is 0.0521. The number of carbonyl (C=O) groups is 1. The van der Waals surface area contributed by atoms with Crippen LogP contribution in [0.2, 0.25) is 0 Å². The minimum atomic E-state index is -2.86. The molecule has 3 heterocycles. The molecule has 1 aromatic carbocycles. The average molecular weight is 462 g/mol. The highest BCUT2D eigenvalue weighted by atomic mass is 32.1. The minimum absolute atomic E-state index is 0.119. The summed E-state index contributed by atoms with van der Waals surface area (Å²) in [6, 6.07) is 12.0. The maximum atomic E-state index is 12.7. The lowest BCUT2D eigenvalue weighted by atomic mass is 9.97. The van der Waals surface area contributed by atoms with Crippen LogP contribution in [0.3, 0.4) is 0 Å². The highest BCUT2D eigenvalue weighted by Gasteiger charge is 2.29. The minimum Gasteiger partial charge on any atom is -0.459 e. The van der Waals surface area contributed by atoms with E-state index in [2.05, 4.69) is 33.0 Å². The number of likely N-dealkylation sites (N-methyl/N-ethyl adjacent to an activating group) is 1. The number of rotatable bonds is 7. The maximum absolute atomic E-state index is 12.7. The Bertz CT molecular complexity index is 1030. The molecular weight excluding hydrogens is 436 g/mol. The molecule has 1 fully saturated rings. The zero-order chi connectivity index (χ0) is 22.7. The van der Waals surface area contributed by atoms with Gasteiger partial charge in [-0.1, -0.05) is 12.1 Å². The van der Waals surface area contributed by atoms with Crippen LogP contribution in [0.1, 0.15) is 32.6 Å². The summed E-state index contributed by atoms with van der Waals surface area (Å²) in [6.45, 7) is 2.66. The van der Waals surface area contributed by atoms with Crippen molar-refractivity contribution in [3.63, 3.8) is 0 Å². The normalized spacial score (nSPS) is 16.3. The van der Waals surface area contributed by atoms with E-state index in [1.54, 1.807) is 24.3 Å². The second kappa shape index (κ2) is 9.81. The van der Waals surface area contributed by atoms with E-state index in [0.29, 0.717) is 0 Å². The first-order valence-electron chi connectivity index (χ1n) is 10.3. The molecule has 32 heavy (non-hydrogen) atoms. The molecule has 2 aromatic heterocycles. The quantitative estimate of drug-likeness (QED) is 0.546. The number of hydrogen-bond acceptors (Lipinski definition) is 6. The van der Waals surface area contributed by atoms with Gasteiger partial charge < -0.3 is 19.4 Å². The molecule has 170 valence electrons. The molecule has 0 radical (unpaired) electrons. The lowest BCUT2D eigenvalue weighted by Crippen LogP contribution is -2.46. The molecule has 0 bridgehead atoms. The van der Waals surface area contributed by atoms with Crippen molar-refractivity contribution >= 4 is 22.2 Å². The fourth-order valence-corrected chi connectivity index (χ4v) is 4.85. The van der Waals surface area contributed by atoms with Gasteiger partial charge in [0.1, 0.15) is 10.8 Å². The highest BCUT2D eigenvalue weighted by Crippen LogP contribution is 2.40. The molecule has 6 nitrogen and oxygen atoms in total. The van der Waals surface area contributed by atoms with Crippen molar-refractivity contribution in [3.05, 3.63) is 70.5 Å². The summed E-state index contributed by atoms with van der Waals surface area (Å²) >= 11 is 1.50. The summed E-state index contributed by atoms with van der Waals surface area (Å²) < 4.78 is 34.9. The van der Waals surface area contributed by atoms with E-state index in [-0.39, 0.29) is 23.5 Å². The second-order valence-corrected chi connectivity index (χ2v) is 9.02. The van der Waals surface area contributed by atoms with Gasteiger partial charge in [-0.25, -0.2) is 0 Å². The van der Waals surface area contributed by atoms with Crippen molar-refractivity contribution in [1.29, 1.82) is 0 Å². The average Bonchev–Trinajstić information content (AvgIpc) is 3.41. The Kier molecular flexibility index (Phi) is 6.88. The van der Waals surface area contributed by atoms with Gasteiger partial charge in [0.15, 0.2) is 5.76 Å². The predicted octanol–water partition coefficient (Wildman–Crippen LogP) is 4.84. The molecule has 0 spiro atoms. The Morgan fingerprint density at radius 1 is 1.16 bits per heavy atom. The van der Waals surface area contributed by atoms with E-state index >= 15 is 0 Å². The number of furan rings is 1. The van der Waals surface area contributed by atoms with Gasteiger partial charge in [0, 0.05) is 36.6 Å². The Morgan fingerprint density at radius 2 is 1.88 bits per heavy atom. The molecule has 1 saturated heterocycles. The van der Waals surface area contributed by atoms with Crippen molar-refractivity contribution in [1.82, 2.24) is 9.80 Å². The SMILES string of the molecule is Cc1cc([C@H](c2ccc(OC(F)F)cc2)N2CCN(C)CC2)c(NC(=O)c2ccco2)s1. The fraction of sp³-hybridized carbons (Fsp3) is 0.348. The number of piperazine rings is 1. The van der Waals surface area contributed by atoms with Crippen LogP contribution in [-0.2, 0) is 0 Å². The predicted molar refractivity (Wildman–Crippen MR) is 120 cm³/mol. The third-order valence-corrected chi connectivity index (χ3v) is 6.46. The first-order valence-corrected chi connectivity index (χ1v) is 11.1. The standard InChI is InChI=1S/C23H25F2N3O3S/c1-15-14-18(22(32-15)26-21(29)19-4-3-13-30-19)20(28-11-9-27(2)10-12-28)16-5-7-17(8-6-16)31-23(24)25/h3-8,13-14,20,23H,9-12H2,1-2H3,(H,26,29)/t20-/m0/s1. The van der Waals surface area contributed by atoms with Crippen molar-refractivity contribution in [2.45, 2.75) is 19.6 Å². The first kappa shape index (κ1) is 22.4. The van der Waals surface area contributed by atoms with Crippen LogP contribution < -0.4 is 10.1 Å². The summed E-state index contributed by atoms with van der Waals surface area (Å²) in [4.78, 5) is 18.3. The molecule has 0 aliphatic carbocycles. The number of alkyl halides is 2. The van der Waals surface area contributed by atoms with E-state index in [1.807, 2.05) is 19.1 Å². The Hall–Kier alpha value is -2.75. The Labute approximate surface area is 189 Å². The second-order valence-electron chi connectivity index (χ2n) is 7.76. The number of carbonyl (C=O) groups excluding carboxylic acids is 1. The number of benzene rings is 1. The number of aryl methyl sites for hydroxylation is 1. The lowest BCUT2D eigenvalue weighted by Gasteiger charge is -2.38. The smallest absolute Gasteiger partial charge is 0.387 e. The molecule has 0 unspecified atom stereocenters. The molecule has 1 amide bonds. The van der Waals surface area contributed by atoms with E-state index in [4.69, 9.17) is 4.42 Å². The molecule has 1 aliphatic rings. The fourth-order valence-electron chi connectivity index (χ4n) is 3.91. The van der Waals surface area contributed by atoms with Gasteiger partial charge in [0.25, 0.3) is 5.91 Å². The van der Waals surface area contributed by atoms with E-state index in [9.17, 15) is 13.6 Å². The Morgan fingerprint density at radius 3 is 2.50 bits per heavy atom. The Balaban J connectivity index is 1.68. The van der Waals surface area contributed by atoms with Gasteiger partial charge >= 0.3 is 6.61 Å². The van der Waals surface area contributed by atoms with Gasteiger partial charge in [-0.3, -0.25) is 9.69 Å². The van der Waals surface area contributed by atoms with Gasteiger partial charge in [-0.2, -0.15) is 8.78 Å². The third-order valence-electron chi connectivity index (χ3n) is 5.47. The number of hydrogen-bond donors (Lipinski definition) is 1. The zero-order valence-corrected chi connectivity index (χ0v) is 18.7. The van der Waals surface area contributed by atoms with E-state index in [1.165, 1.54) is 17.6 Å². The summed E-state index contributed by atoms with van der Waals surface area (Å²) in [6.07, 6.45) is 1.46. The monoisotopic (exact) mass is 461 g/mol. The van der Waals surface area contributed by atoms with E-state index in [0.717, 1.165) is 47.2 Å². The van der Waals surface area contributed by atoms with Crippen molar-refractivity contribution in [2.24, 2.45) is 0 Å². The van der Waals surface area contributed by atoms with Gasteiger partial charge in [0.05, 0.1) is 12.3 Å². The topological polar surface area (TPSA) is 58.0 Å². The number of anilines is 1. The van der Waals surface area contributed by atoms with Crippen LogP contribution in [-0.4, -0.2) is 55.5 Å². The molecular formula is C23H25F2N3O3S. The number of nitrogens with one attached hydrogen (secondary N) is 1. The van der Waals surface area contributed by atoms with Gasteiger partial charge in [-0.05, 0) is 49.9 Å². The largest absolute Gasteiger partial charge is 0.459 e. The van der Waals surface area contributed by atoms with Crippen molar-refractivity contribution < 1.29 is 22.7 Å². The van der Waals surface area contributed by atoms with Crippen LogP contribution in [0.4, 0.5) is 13.8 Å². The molecule has 1 atom stereocenters. The maximum Gasteiger partial charge on any atom is 0.387 e. The van der Waals surface area contributed by atoms with Crippen LogP contribution in [0.15, 0.2) is 53.1 Å². The highest BCUT2D eigenvalue weighted by molar-refractivity contribution is 7.16. The zero-order valence-electron chi connectivity index (χ0n) is 17.9. The van der Waals surface area contributed by atoms with Gasteiger partial charge in [0.2, 0.25) is 0 Å². The van der Waals surface area contributed by atoms with Gasteiger partial charge in [-0.15, -0.1) is 11.3 Å².